The first kappa shape index (κ1) is 22.1. The van der Waals surface area contributed by atoms with E-state index in [9.17, 15) is 33.4 Å². The summed E-state index contributed by atoms with van der Waals surface area (Å²) in [6, 6.07) is 1.41. The lowest BCUT2D eigenvalue weighted by atomic mass is 10.2. The average molecular weight is 404 g/mol. The predicted octanol–water partition coefficient (Wildman–Crippen LogP) is 2.13. The van der Waals surface area contributed by atoms with Crippen molar-refractivity contribution in [2.75, 3.05) is 32.1 Å². The highest BCUT2D eigenvalue weighted by molar-refractivity contribution is 7.89. The first-order valence-corrected chi connectivity index (χ1v) is 9.25. The molecule has 150 valence electrons. The van der Waals surface area contributed by atoms with Crippen LogP contribution in [0.1, 0.15) is 20.3 Å². The third kappa shape index (κ3) is 4.42. The van der Waals surface area contributed by atoms with Crippen molar-refractivity contribution in [2.24, 2.45) is 0 Å². The molecule has 0 saturated heterocycles. The average Bonchev–Trinajstić information content (AvgIpc) is 2.63. The Morgan fingerprint density at radius 2 is 1.63 bits per heavy atom. The van der Waals surface area contributed by atoms with Gasteiger partial charge in [0, 0.05) is 32.3 Å². The number of nitro groups is 2. The lowest BCUT2D eigenvalue weighted by molar-refractivity contribution is -0.393. The number of hydrogen-bond donors (Lipinski definition) is 0. The van der Waals surface area contributed by atoms with Crippen LogP contribution in [0.5, 0.6) is 0 Å². The van der Waals surface area contributed by atoms with Gasteiger partial charge in [-0.1, -0.05) is 6.92 Å². The van der Waals surface area contributed by atoms with Crippen LogP contribution in [-0.4, -0.2) is 55.9 Å². The van der Waals surface area contributed by atoms with Crippen molar-refractivity contribution in [3.63, 3.8) is 0 Å². The molecule has 13 heteroatoms. The normalized spacial score (nSPS) is 11.0. The molecule has 12 nitrogen and oxygen atoms in total. The van der Waals surface area contributed by atoms with Gasteiger partial charge in [-0.05, 0) is 13.3 Å². The summed E-state index contributed by atoms with van der Waals surface area (Å²) in [6.45, 7) is 4.00. The molecule has 0 atom stereocenters. The third-order valence-corrected chi connectivity index (χ3v) is 5.42. The lowest BCUT2D eigenvalue weighted by Crippen LogP contribution is -2.33. The van der Waals surface area contributed by atoms with Crippen LogP contribution in [0.25, 0.3) is 0 Å². The van der Waals surface area contributed by atoms with Crippen molar-refractivity contribution in [1.29, 1.82) is 0 Å². The number of nitro benzene ring substituents is 2. The number of rotatable bonds is 8. The molecule has 0 fully saturated rings. The summed E-state index contributed by atoms with van der Waals surface area (Å²) in [5.74, 6) is 0. The van der Waals surface area contributed by atoms with E-state index in [4.69, 9.17) is 0 Å². The highest BCUT2D eigenvalue weighted by atomic mass is 32.2. The van der Waals surface area contributed by atoms with Crippen molar-refractivity contribution in [3.8, 4) is 0 Å². The Hall–Kier alpha value is -2.96. The SMILES string of the molecule is CCCN(CC)c1c([N+](=O)[O-])cc(S(=O)(=O)N(C)C(=O)OC)cc1[N+](=O)[O-]. The molecule has 0 N–H and O–H groups in total. The van der Waals surface area contributed by atoms with E-state index >= 15 is 0 Å². The fourth-order valence-corrected chi connectivity index (χ4v) is 3.52. The molecule has 0 bridgehead atoms. The van der Waals surface area contributed by atoms with Crippen LogP contribution in [-0.2, 0) is 14.8 Å². The zero-order valence-corrected chi connectivity index (χ0v) is 16.1. The predicted molar refractivity (Wildman–Crippen MR) is 95.3 cm³/mol. The third-order valence-electron chi connectivity index (χ3n) is 3.72. The highest BCUT2D eigenvalue weighted by Gasteiger charge is 2.35. The van der Waals surface area contributed by atoms with E-state index in [0.29, 0.717) is 25.1 Å². The molecular weight excluding hydrogens is 384 g/mol. The smallest absolute Gasteiger partial charge is 0.423 e. The minimum absolute atomic E-state index is 0.207. The van der Waals surface area contributed by atoms with Crippen LogP contribution >= 0.6 is 0 Å². The van der Waals surface area contributed by atoms with E-state index < -0.39 is 42.2 Å². The number of hydrogen-bond acceptors (Lipinski definition) is 9. The fraction of sp³-hybridized carbons (Fsp3) is 0.500. The minimum Gasteiger partial charge on any atom is -0.452 e. The maximum atomic E-state index is 12.5. The Bertz CT molecular complexity index is 820. The molecule has 0 radical (unpaired) electrons. The van der Waals surface area contributed by atoms with Gasteiger partial charge in [0.15, 0.2) is 5.69 Å². The van der Waals surface area contributed by atoms with E-state index in [0.717, 1.165) is 14.2 Å². The second-order valence-electron chi connectivity index (χ2n) is 5.35. The Balaban J connectivity index is 3.82. The quantitative estimate of drug-likeness (QED) is 0.468. The van der Waals surface area contributed by atoms with E-state index in [2.05, 4.69) is 4.74 Å². The van der Waals surface area contributed by atoms with Crippen LogP contribution in [0.15, 0.2) is 17.0 Å². The van der Waals surface area contributed by atoms with E-state index in [1.807, 2.05) is 0 Å². The van der Waals surface area contributed by atoms with Gasteiger partial charge in [-0.3, -0.25) is 20.2 Å². The van der Waals surface area contributed by atoms with Crippen LogP contribution in [0, 0.1) is 20.2 Å². The Kier molecular flexibility index (Phi) is 7.05. The van der Waals surface area contributed by atoms with Crippen molar-refractivity contribution in [1.82, 2.24) is 4.31 Å². The maximum absolute atomic E-state index is 12.5. The molecule has 0 aliphatic carbocycles. The van der Waals surface area contributed by atoms with Gasteiger partial charge in [0.1, 0.15) is 4.90 Å². The van der Waals surface area contributed by atoms with E-state index in [1.165, 1.54) is 4.90 Å². The molecule has 1 amide bonds. The minimum atomic E-state index is -4.59. The monoisotopic (exact) mass is 404 g/mol. The second kappa shape index (κ2) is 8.62. The lowest BCUT2D eigenvalue weighted by Gasteiger charge is -2.22. The van der Waals surface area contributed by atoms with Crippen molar-refractivity contribution in [2.45, 2.75) is 25.2 Å². The largest absolute Gasteiger partial charge is 0.452 e. The fourth-order valence-electron chi connectivity index (χ4n) is 2.41. The molecular formula is C14H20N4O8S. The molecule has 0 aliphatic rings. The summed E-state index contributed by atoms with van der Waals surface area (Å²) in [4.78, 5) is 33.4. The van der Waals surface area contributed by atoms with Crippen LogP contribution in [0.2, 0.25) is 0 Å². The van der Waals surface area contributed by atoms with Gasteiger partial charge in [0.25, 0.3) is 10.0 Å². The number of carbonyl (C=O) groups is 1. The van der Waals surface area contributed by atoms with Gasteiger partial charge < -0.3 is 9.64 Å². The van der Waals surface area contributed by atoms with Crippen molar-refractivity contribution in [3.05, 3.63) is 32.4 Å². The highest BCUT2D eigenvalue weighted by Crippen LogP contribution is 2.40. The summed E-state index contributed by atoms with van der Waals surface area (Å²) in [6.07, 6.45) is -0.682. The van der Waals surface area contributed by atoms with E-state index in [1.54, 1.807) is 13.8 Å². The number of methoxy groups -OCH3 is 1. The second-order valence-corrected chi connectivity index (χ2v) is 7.32. The van der Waals surface area contributed by atoms with Crippen molar-refractivity contribution < 1.29 is 27.8 Å². The molecule has 0 unspecified atom stereocenters. The molecule has 0 saturated carbocycles. The van der Waals surface area contributed by atoms with Crippen LogP contribution in [0.3, 0.4) is 0 Å². The van der Waals surface area contributed by atoms with Gasteiger partial charge >= 0.3 is 17.5 Å². The number of sulfonamides is 1. The topological polar surface area (TPSA) is 153 Å². The summed E-state index contributed by atoms with van der Waals surface area (Å²) in [5.41, 5.74) is -1.76. The maximum Gasteiger partial charge on any atom is 0.423 e. The van der Waals surface area contributed by atoms with Gasteiger partial charge in [-0.25, -0.2) is 17.5 Å². The molecule has 0 heterocycles. The first-order valence-electron chi connectivity index (χ1n) is 7.81. The zero-order chi connectivity index (χ0) is 20.9. The molecule has 1 rings (SSSR count). The number of carbonyl (C=O) groups excluding carboxylic acids is 1. The molecule has 0 spiro atoms. The van der Waals surface area contributed by atoms with Crippen molar-refractivity contribution >= 4 is 33.2 Å². The standard InChI is InChI=1S/C14H20N4O8S/c1-5-7-16(6-2)13-11(17(20)21)8-10(9-12(13)18(22)23)27(24,25)15(3)14(19)26-4/h8-9H,5-7H2,1-4H3. The number of amides is 1. The first-order chi connectivity index (χ1) is 12.5. The number of anilines is 1. The zero-order valence-electron chi connectivity index (χ0n) is 15.2. The Labute approximate surface area is 155 Å². The van der Waals surface area contributed by atoms with Gasteiger partial charge in [0.05, 0.1) is 17.0 Å². The summed E-state index contributed by atoms with van der Waals surface area (Å²) < 4.78 is 29.6. The number of ether oxygens (including phenoxy) is 1. The number of nitrogens with zero attached hydrogens (tertiary/aromatic N) is 4. The number of benzene rings is 1. The van der Waals surface area contributed by atoms with Gasteiger partial charge in [-0.2, -0.15) is 0 Å². The Morgan fingerprint density at radius 3 is 1.96 bits per heavy atom. The molecule has 0 aromatic heterocycles. The molecule has 1 aromatic carbocycles. The van der Waals surface area contributed by atoms with Gasteiger partial charge in [-0.15, -0.1) is 0 Å². The molecule has 0 aliphatic heterocycles. The van der Waals surface area contributed by atoms with E-state index in [-0.39, 0.29) is 16.5 Å². The van der Waals surface area contributed by atoms with Gasteiger partial charge in [0.2, 0.25) is 0 Å². The summed E-state index contributed by atoms with van der Waals surface area (Å²) in [5, 5.41) is 23.0. The molecule has 1 aromatic rings. The summed E-state index contributed by atoms with van der Waals surface area (Å²) in [7, 11) is -2.76. The molecule has 27 heavy (non-hydrogen) atoms. The Morgan fingerprint density at radius 1 is 1.15 bits per heavy atom. The van der Waals surface area contributed by atoms with Crippen LogP contribution in [0.4, 0.5) is 21.9 Å². The van der Waals surface area contributed by atoms with Crippen LogP contribution < -0.4 is 4.90 Å². The summed E-state index contributed by atoms with van der Waals surface area (Å²) >= 11 is 0.